The zero-order valence-electron chi connectivity index (χ0n) is 15.3. The second kappa shape index (κ2) is 6.60. The van der Waals surface area contributed by atoms with Crippen LogP contribution in [0.5, 0.6) is 11.5 Å². The van der Waals surface area contributed by atoms with Gasteiger partial charge < -0.3 is 14.0 Å². The fraction of sp³-hybridized carbons (Fsp3) is 0.300. The highest BCUT2D eigenvalue weighted by molar-refractivity contribution is 6.62. The molecule has 0 N–H and O–H groups in total. The molecule has 1 aliphatic heterocycles. The molecular weight excluding hydrogens is 329 g/mol. The normalized spacial score (nSPS) is 17.6. The molecule has 0 unspecified atom stereocenters. The molecule has 0 spiro atoms. The van der Waals surface area contributed by atoms with Crippen LogP contribution in [0.25, 0.3) is 0 Å². The molecule has 132 valence electrons. The van der Waals surface area contributed by atoms with Gasteiger partial charge >= 0.3 is 7.12 Å². The molecule has 0 amide bonds. The number of nitrogens with zero attached hydrogens (tertiary/aromatic N) is 1. The van der Waals surface area contributed by atoms with Crippen LogP contribution in [0.4, 0.5) is 0 Å². The highest BCUT2D eigenvalue weighted by Crippen LogP contribution is 2.36. The van der Waals surface area contributed by atoms with Crippen LogP contribution in [-0.2, 0) is 9.31 Å². The predicted octanol–water partition coefficient (Wildman–Crippen LogP) is 3.46. The molecule has 1 heterocycles. The summed E-state index contributed by atoms with van der Waals surface area (Å²) in [4.78, 5) is 11.5. The Bertz CT molecular complexity index is 870. The first-order valence-electron chi connectivity index (χ1n) is 8.38. The van der Waals surface area contributed by atoms with Crippen molar-refractivity contribution in [2.75, 3.05) is 0 Å². The number of rotatable bonds is 4. The van der Waals surface area contributed by atoms with E-state index in [9.17, 15) is 4.79 Å². The molecule has 0 aromatic heterocycles. The Kier molecular flexibility index (Phi) is 4.62. The minimum absolute atomic E-state index is 0.388. The van der Waals surface area contributed by atoms with Crippen molar-refractivity contribution in [3.63, 3.8) is 0 Å². The predicted molar refractivity (Wildman–Crippen MR) is 98.8 cm³/mol. The molecule has 0 saturated carbocycles. The summed E-state index contributed by atoms with van der Waals surface area (Å²) in [5.41, 5.74) is 0.727. The maximum atomic E-state index is 11.5. The number of benzene rings is 2. The third-order valence-electron chi connectivity index (χ3n) is 4.88. The van der Waals surface area contributed by atoms with Crippen molar-refractivity contribution in [2.45, 2.75) is 38.9 Å². The molecule has 0 aliphatic carbocycles. The van der Waals surface area contributed by atoms with E-state index in [2.05, 4.69) is 6.07 Å². The van der Waals surface area contributed by atoms with Gasteiger partial charge in [0.2, 0.25) is 0 Å². The molecule has 2 aromatic carbocycles. The monoisotopic (exact) mass is 349 g/mol. The van der Waals surface area contributed by atoms with Gasteiger partial charge in [0.1, 0.15) is 11.5 Å². The summed E-state index contributed by atoms with van der Waals surface area (Å²) in [6, 6.07) is 14.1. The van der Waals surface area contributed by atoms with E-state index >= 15 is 0 Å². The summed E-state index contributed by atoms with van der Waals surface area (Å²) in [5, 5.41) is 8.98. The van der Waals surface area contributed by atoms with E-state index in [1.165, 1.54) is 0 Å². The minimum atomic E-state index is -0.547. The average molecular weight is 349 g/mol. The lowest BCUT2D eigenvalue weighted by Crippen LogP contribution is -2.41. The van der Waals surface area contributed by atoms with Crippen molar-refractivity contribution in [3.8, 4) is 17.6 Å². The molecule has 3 rings (SSSR count). The Morgan fingerprint density at radius 3 is 2.38 bits per heavy atom. The Labute approximate surface area is 153 Å². The fourth-order valence-electron chi connectivity index (χ4n) is 2.63. The summed E-state index contributed by atoms with van der Waals surface area (Å²) in [7, 11) is -0.547. The topological polar surface area (TPSA) is 68.5 Å². The first kappa shape index (κ1) is 18.2. The largest absolute Gasteiger partial charge is 0.494 e. The van der Waals surface area contributed by atoms with Crippen LogP contribution in [0, 0.1) is 11.3 Å². The number of nitriles is 1. The van der Waals surface area contributed by atoms with Gasteiger partial charge in [-0.25, -0.2) is 0 Å². The number of aldehydes is 1. The smallest absolute Gasteiger partial charge is 0.457 e. The van der Waals surface area contributed by atoms with E-state index in [0.717, 1.165) is 11.7 Å². The zero-order chi connectivity index (χ0) is 18.9. The fourth-order valence-corrected chi connectivity index (χ4v) is 2.63. The third-order valence-corrected chi connectivity index (χ3v) is 4.88. The summed E-state index contributed by atoms with van der Waals surface area (Å²) in [6.45, 7) is 7.92. The lowest BCUT2D eigenvalue weighted by atomic mass is 9.78. The van der Waals surface area contributed by atoms with Crippen molar-refractivity contribution < 1.29 is 18.8 Å². The van der Waals surface area contributed by atoms with Crippen LogP contribution in [0.2, 0.25) is 0 Å². The van der Waals surface area contributed by atoms with Gasteiger partial charge in [0.05, 0.1) is 28.4 Å². The molecule has 0 bridgehead atoms. The van der Waals surface area contributed by atoms with Gasteiger partial charge in [0, 0.05) is 0 Å². The molecule has 5 nitrogen and oxygen atoms in total. The number of hydrogen-bond donors (Lipinski definition) is 0. The first-order valence-corrected chi connectivity index (χ1v) is 8.38. The Hall–Kier alpha value is -2.62. The number of hydrogen-bond acceptors (Lipinski definition) is 5. The zero-order valence-corrected chi connectivity index (χ0v) is 15.3. The highest BCUT2D eigenvalue weighted by Gasteiger charge is 2.51. The summed E-state index contributed by atoms with van der Waals surface area (Å²) in [6.07, 6.45) is 0.734. The molecule has 1 aliphatic rings. The summed E-state index contributed by atoms with van der Waals surface area (Å²) < 4.78 is 17.8. The van der Waals surface area contributed by atoms with E-state index in [4.69, 9.17) is 19.3 Å². The van der Waals surface area contributed by atoms with Crippen LogP contribution in [0.3, 0.4) is 0 Å². The Morgan fingerprint density at radius 2 is 1.77 bits per heavy atom. The van der Waals surface area contributed by atoms with Gasteiger partial charge in [-0.15, -0.1) is 0 Å². The molecule has 26 heavy (non-hydrogen) atoms. The van der Waals surface area contributed by atoms with Crippen LogP contribution < -0.4 is 10.2 Å². The molecule has 1 fully saturated rings. The van der Waals surface area contributed by atoms with E-state index in [1.807, 2.05) is 33.8 Å². The average Bonchev–Trinajstić information content (AvgIpc) is 2.83. The van der Waals surface area contributed by atoms with Crippen LogP contribution >= 0.6 is 0 Å². The summed E-state index contributed by atoms with van der Waals surface area (Å²) in [5.74, 6) is 0.908. The molecule has 6 heteroatoms. The maximum absolute atomic E-state index is 11.5. The molecule has 1 saturated heterocycles. The molecule has 2 aromatic rings. The second-order valence-electron chi connectivity index (χ2n) is 7.25. The third kappa shape index (κ3) is 3.37. The van der Waals surface area contributed by atoms with E-state index < -0.39 is 18.3 Å². The van der Waals surface area contributed by atoms with Crippen LogP contribution in [0.15, 0.2) is 42.5 Å². The van der Waals surface area contributed by atoms with Crippen molar-refractivity contribution in [2.24, 2.45) is 0 Å². The quantitative estimate of drug-likeness (QED) is 0.625. The van der Waals surface area contributed by atoms with Crippen molar-refractivity contribution in [3.05, 3.63) is 53.6 Å². The van der Waals surface area contributed by atoms with E-state index in [0.29, 0.717) is 22.6 Å². The Balaban J connectivity index is 1.87. The molecular formula is C20H20BNO4. The maximum Gasteiger partial charge on any atom is 0.494 e. The number of carbonyl (C=O) groups excluding carboxylic acids is 1. The Morgan fingerprint density at radius 1 is 1.08 bits per heavy atom. The van der Waals surface area contributed by atoms with Gasteiger partial charge in [-0.3, -0.25) is 4.79 Å². The second-order valence-corrected chi connectivity index (χ2v) is 7.25. The van der Waals surface area contributed by atoms with Crippen molar-refractivity contribution in [1.29, 1.82) is 5.26 Å². The SMILES string of the molecule is CC1(C)OB(c2ccc(Oc3cccc(C#N)c3)c(C=O)c2)OC1(C)C. The summed E-state index contributed by atoms with van der Waals surface area (Å²) >= 11 is 0. The van der Waals surface area contributed by atoms with Crippen LogP contribution in [0.1, 0.15) is 43.6 Å². The minimum Gasteiger partial charge on any atom is -0.457 e. The van der Waals surface area contributed by atoms with Gasteiger partial charge in [-0.05, 0) is 63.5 Å². The van der Waals surface area contributed by atoms with Crippen LogP contribution in [-0.4, -0.2) is 24.6 Å². The van der Waals surface area contributed by atoms with Gasteiger partial charge in [-0.1, -0.05) is 12.1 Å². The van der Waals surface area contributed by atoms with Gasteiger partial charge in [0.15, 0.2) is 6.29 Å². The molecule has 0 radical (unpaired) electrons. The first-order chi connectivity index (χ1) is 12.3. The number of ether oxygens (including phenoxy) is 1. The lowest BCUT2D eigenvalue weighted by Gasteiger charge is -2.32. The van der Waals surface area contributed by atoms with Crippen molar-refractivity contribution >= 4 is 18.9 Å². The van der Waals surface area contributed by atoms with E-state index in [1.54, 1.807) is 36.4 Å². The van der Waals surface area contributed by atoms with Gasteiger partial charge in [0.25, 0.3) is 0 Å². The lowest BCUT2D eigenvalue weighted by molar-refractivity contribution is 0.00578. The highest BCUT2D eigenvalue weighted by atomic mass is 16.7. The van der Waals surface area contributed by atoms with Gasteiger partial charge in [-0.2, -0.15) is 5.26 Å². The van der Waals surface area contributed by atoms with Crippen molar-refractivity contribution in [1.82, 2.24) is 0 Å². The standard InChI is InChI=1S/C20H20BNO4/c1-19(2)20(3,4)26-21(25-19)16-8-9-18(15(11-16)13-23)24-17-7-5-6-14(10-17)12-22/h5-11,13H,1-4H3. The van der Waals surface area contributed by atoms with E-state index in [-0.39, 0.29) is 0 Å². The number of carbonyl (C=O) groups is 1. The molecule has 0 atom stereocenters.